The lowest BCUT2D eigenvalue weighted by atomic mass is 9.87. The number of fused-ring (bicyclic) bond motifs is 4. The highest BCUT2D eigenvalue weighted by Gasteiger charge is 2.47. The van der Waals surface area contributed by atoms with Gasteiger partial charge in [-0.1, -0.05) is 94.2 Å². The molecule has 9 rings (SSSR count). The number of imidazole rings is 1. The molecular weight excluding hydrogens is 1760 g/mol. The number of hydrogen-bond acceptors (Lipinski definition) is 25. The van der Waals surface area contributed by atoms with Crippen LogP contribution in [-0.4, -0.2) is 335 Å². The van der Waals surface area contributed by atoms with Crippen LogP contribution >= 0.6 is 11.8 Å². The molecule has 45 nitrogen and oxygen atoms in total. The number of rotatable bonds is 25. The molecule has 2 aromatic carbocycles. The molecule has 4 aliphatic heterocycles. The number of carbonyl (C=O) groups is 17. The van der Waals surface area contributed by atoms with Gasteiger partial charge in [0.15, 0.2) is 5.96 Å². The Morgan fingerprint density at radius 1 is 0.612 bits per heavy atom. The van der Waals surface area contributed by atoms with Crippen molar-refractivity contribution in [2.45, 2.75) is 220 Å². The quantitative estimate of drug-likeness (QED) is 0.0168. The van der Waals surface area contributed by atoms with E-state index in [1.54, 1.807) is 48.8 Å². The predicted octanol–water partition coefficient (Wildman–Crippen LogP) is -5.15. The van der Waals surface area contributed by atoms with Crippen LogP contribution in [0.1, 0.15) is 121 Å². The molecule has 1 aliphatic carbocycles. The number of aliphatic hydroxyl groups is 2. The number of hydrogen-bond donors (Lipinski definition) is 22. The Kier molecular flexibility index (Phi) is 38.8. The zero-order valence-electron chi connectivity index (χ0n) is 75.6. The number of allylic oxidation sites excluding steroid dienone is 2. The number of phenolic OH excluding ortho intramolecular Hbond substituents is 1. The van der Waals surface area contributed by atoms with E-state index < -0.39 is 248 Å². The number of para-hydroxylation sites is 1. The number of nitrogens with zero attached hydrogens (tertiary/aromatic N) is 6. The number of aromatic amines is 2. The first-order valence-corrected chi connectivity index (χ1v) is 45.8. The maximum Gasteiger partial charge on any atom is 0.305 e. The Balaban J connectivity index is 1.09. The number of nitrogens with one attached hydrogen (secondary N) is 15. The summed E-state index contributed by atoms with van der Waals surface area (Å²) in [7, 11) is 3.85. The van der Waals surface area contributed by atoms with Crippen LogP contribution in [-0.2, 0) is 101 Å². The normalized spacial score (nSPS) is 26.6. The second-order valence-electron chi connectivity index (χ2n) is 33.8. The van der Waals surface area contributed by atoms with Gasteiger partial charge in [0.05, 0.1) is 49.5 Å². The van der Waals surface area contributed by atoms with Crippen LogP contribution < -0.4 is 81.0 Å². The fraction of sp³-hybridized carbons (Fsp3) is 0.534. The number of thioether (sulfide) groups is 1. The Hall–Kier alpha value is -13.5. The number of amides is 16. The van der Waals surface area contributed by atoms with Crippen LogP contribution in [0.15, 0.2) is 103 Å². The first kappa shape index (κ1) is 104. The molecule has 4 aromatic rings. The minimum atomic E-state index is -1.92. The van der Waals surface area contributed by atoms with E-state index in [0.29, 0.717) is 53.3 Å². The van der Waals surface area contributed by atoms with Crippen LogP contribution in [0.5, 0.6) is 5.75 Å². The van der Waals surface area contributed by atoms with Crippen molar-refractivity contribution >= 4 is 129 Å². The number of benzene rings is 2. The summed E-state index contributed by atoms with van der Waals surface area (Å²) in [6, 6.07) is -10.3. The smallest absolute Gasteiger partial charge is 0.305 e. The van der Waals surface area contributed by atoms with Gasteiger partial charge in [-0.15, -0.1) is 11.8 Å². The van der Waals surface area contributed by atoms with Gasteiger partial charge >= 0.3 is 5.97 Å². The number of carboxylic acid groups (broad SMARTS) is 1. The van der Waals surface area contributed by atoms with Crippen LogP contribution in [0.25, 0.3) is 10.9 Å². The van der Waals surface area contributed by atoms with Crippen molar-refractivity contribution in [1.82, 2.24) is 103 Å². The molecule has 0 radical (unpaired) electrons. The number of aliphatic carboxylic acids is 1. The summed E-state index contributed by atoms with van der Waals surface area (Å²) in [5, 5.41) is 83.2. The number of likely N-dealkylation sites (N-methyl/N-ethyl adjacent to an activating group) is 3. The summed E-state index contributed by atoms with van der Waals surface area (Å²) in [4.78, 5) is 264. The first-order valence-electron chi connectivity index (χ1n) is 44.6. The summed E-state index contributed by atoms with van der Waals surface area (Å²) in [5.74, 6) is -19.3. The molecule has 17 atom stereocenters. The number of aromatic hydroxyl groups is 1. The van der Waals surface area contributed by atoms with Gasteiger partial charge in [0.25, 0.3) is 0 Å². The molecule has 6 heterocycles. The third kappa shape index (κ3) is 28.5. The largest absolute Gasteiger partial charge is 0.508 e. The molecule has 5 aliphatic rings. The van der Waals surface area contributed by atoms with Gasteiger partial charge in [-0.25, -0.2) is 4.98 Å². The maximum absolute atomic E-state index is 15.7. The molecule has 134 heavy (non-hydrogen) atoms. The summed E-state index contributed by atoms with van der Waals surface area (Å²) in [6.07, 6.45) is 10.6. The molecule has 3 fully saturated rings. The highest BCUT2D eigenvalue weighted by molar-refractivity contribution is 8.00. The maximum atomic E-state index is 15.7. The number of H-pyrrole nitrogens is 2. The third-order valence-electron chi connectivity index (χ3n) is 24.2. The SMILES string of the molecule is CCCC[C@H]1C(=O)N(C)[C@@H](CCCC)C(=O)N[C@@H](CCCNC(=N)N)C(=O)N[C@H](C(=O)NCC(N)=O)CSCC(=O)N[C@@H](Cc2ccc(O)cc2)C(=O)N(C)[C@@H](C)C(=O)N[C@@H](CC(=O)O)C(=O)N2CCC[C@H]2C(=O)N[C@@H](Cc2c[nH]cn2)C(=O)N[C@@H](CN)C(=O)N2C[C@H](O)C[C@H]2C(=O)N[C@@H](CC2=CNC3C=CC=CC23)C(=O)N[C@@H](CO)C(=O)N[C@@H](Cc2c[nH]c3ccccc23)C(=O)N1C. The van der Waals surface area contributed by atoms with Gasteiger partial charge < -0.3 is 136 Å². The second kappa shape index (κ2) is 49.8. The minimum absolute atomic E-state index is 0.0179. The number of aromatic nitrogens is 3. The van der Waals surface area contributed by atoms with Gasteiger partial charge in [-0.2, -0.15) is 0 Å². The fourth-order valence-electron chi connectivity index (χ4n) is 16.6. The first-order chi connectivity index (χ1) is 63.9. The van der Waals surface area contributed by atoms with Crippen molar-refractivity contribution in [1.29, 1.82) is 5.41 Å². The van der Waals surface area contributed by atoms with E-state index in [-0.39, 0.29) is 101 Å². The number of primary amides is 1. The number of carboxylic acids is 1. The van der Waals surface area contributed by atoms with Crippen LogP contribution in [0, 0.1) is 11.3 Å². The Morgan fingerprint density at radius 3 is 1.88 bits per heavy atom. The Labute approximate surface area is 777 Å². The van der Waals surface area contributed by atoms with Crippen molar-refractivity contribution < 1.29 is 102 Å². The van der Waals surface area contributed by atoms with Gasteiger partial charge in [-0.3, -0.25) is 86.9 Å². The fourth-order valence-corrected chi connectivity index (χ4v) is 17.5. The molecule has 3 saturated heterocycles. The van der Waals surface area contributed by atoms with Gasteiger partial charge in [-0.05, 0) is 93.0 Å². The van der Waals surface area contributed by atoms with Crippen LogP contribution in [0.2, 0.25) is 0 Å². The molecule has 16 amide bonds. The lowest BCUT2D eigenvalue weighted by Crippen LogP contribution is -2.62. The molecule has 25 N–H and O–H groups in total. The van der Waals surface area contributed by atoms with E-state index in [1.807, 2.05) is 26.0 Å². The van der Waals surface area contributed by atoms with Gasteiger partial charge in [0.1, 0.15) is 90.3 Å². The standard InChI is InChI=1S/C88H124N24O21S/c1-7-9-22-67-80(126)100-58(21-15-29-94-88(91)92)76(122)107-66(75(121)97-41-71(90)116)44-134-45-72(117)99-61(31-48-25-27-52(114)28-26-48)83(129)108(4)47(3)74(120)103-63(36-73(118)119)85(131)111-30-16-24-68(111)81(127)102-60(34-51-40-93-46-98-51)78(124)105-64(37-89)86(132)112-42-53(115)35-70(112)82(128)101-59(32-49-38-95-56-19-13-11-17-54(49)56)77(123)106-65(43-113)79(125)104-62(33-50-39-96-57-20-14-12-18-55(50)57)84(130)110(6)69(23-10-8-2)87(133)109(67)5/h11-14,17-20,25-28,38-40,46-47,53-54,56,58-70,95-96,113-115H,7-10,15-16,21-24,29-37,41-45,89H2,1-6H3,(H2,90,116)(H,93,98)(H,97,121)(H,99,117)(H,100,126)(H,101,128)(H,102,127)(H,103,120)(H,104,125)(H,105,124)(H,106,123)(H,107,122)(H,118,119)(H4,91,92,94)/t47-,53+,54?,56?,58-,59-,60-,61-,62-,63-,64-,65-,66-,67-,68-,69-,70-/m0/s1. The molecule has 0 bridgehead atoms. The minimum Gasteiger partial charge on any atom is -0.508 e. The molecule has 0 spiro atoms. The van der Waals surface area contributed by atoms with E-state index >= 15 is 33.6 Å². The van der Waals surface area contributed by atoms with Crippen molar-refractivity contribution in [3.05, 3.63) is 120 Å². The number of phenols is 1. The molecular formula is C88H124N24O21S. The zero-order valence-corrected chi connectivity index (χ0v) is 76.4. The lowest BCUT2D eigenvalue weighted by molar-refractivity contribution is -0.149. The molecule has 46 heteroatoms. The van der Waals surface area contributed by atoms with Crippen molar-refractivity contribution in [3.63, 3.8) is 0 Å². The van der Waals surface area contributed by atoms with E-state index in [9.17, 15) is 68.4 Å². The van der Waals surface area contributed by atoms with E-state index in [1.165, 1.54) is 64.9 Å². The van der Waals surface area contributed by atoms with Gasteiger partial charge in [0, 0.05) is 108 Å². The zero-order chi connectivity index (χ0) is 97.7. The summed E-state index contributed by atoms with van der Waals surface area (Å²) in [6.45, 7) is 1.67. The summed E-state index contributed by atoms with van der Waals surface area (Å²) < 4.78 is 0. The Bertz CT molecular complexity index is 4990. The third-order valence-corrected chi connectivity index (χ3v) is 25.2. The summed E-state index contributed by atoms with van der Waals surface area (Å²) >= 11 is 0.746. The predicted molar refractivity (Wildman–Crippen MR) is 487 cm³/mol. The van der Waals surface area contributed by atoms with Crippen molar-refractivity contribution in [3.8, 4) is 5.75 Å². The van der Waals surface area contributed by atoms with Gasteiger partial charge in [0.2, 0.25) is 94.5 Å². The van der Waals surface area contributed by atoms with Crippen LogP contribution in [0.4, 0.5) is 0 Å². The lowest BCUT2D eigenvalue weighted by Gasteiger charge is -2.36. The van der Waals surface area contributed by atoms with Crippen LogP contribution in [0.3, 0.4) is 0 Å². The number of unbranched alkanes of at least 4 members (excludes halogenated alkanes) is 2. The number of aliphatic hydroxyl groups excluding tert-OH is 2. The number of guanidine groups is 1. The molecule has 2 unspecified atom stereocenters. The van der Waals surface area contributed by atoms with Crippen molar-refractivity contribution in [2.24, 2.45) is 23.1 Å². The molecule has 0 saturated carbocycles. The number of nitrogens with two attached hydrogens (primary N) is 3. The highest BCUT2D eigenvalue weighted by Crippen LogP contribution is 2.31. The second-order valence-corrected chi connectivity index (χ2v) is 34.9. The topological polar surface area (TPSA) is 678 Å². The van der Waals surface area contributed by atoms with E-state index in [4.69, 9.17) is 22.6 Å². The molecule has 2 aromatic heterocycles. The average molecular weight is 1890 g/mol. The van der Waals surface area contributed by atoms with E-state index in [0.717, 1.165) is 36.3 Å². The van der Waals surface area contributed by atoms with E-state index in [2.05, 4.69) is 78.8 Å². The Morgan fingerprint density at radius 2 is 1.22 bits per heavy atom. The monoisotopic (exact) mass is 1880 g/mol. The molecule has 728 valence electrons. The average Bonchev–Trinajstić information content (AvgIpc) is 1.67. The number of carbonyl (C=O) groups excluding carboxylic acids is 16. The van der Waals surface area contributed by atoms with Crippen molar-refractivity contribution in [2.75, 3.05) is 72.0 Å². The highest BCUT2D eigenvalue weighted by atomic mass is 32.2. The summed E-state index contributed by atoms with van der Waals surface area (Å²) in [5.41, 5.74) is 19.6.